The zero-order valence-electron chi connectivity index (χ0n) is 9.58. The summed E-state index contributed by atoms with van der Waals surface area (Å²) in [6.07, 6.45) is 1.53. The minimum absolute atomic E-state index is 0.343. The summed E-state index contributed by atoms with van der Waals surface area (Å²) in [7, 11) is 0. The van der Waals surface area contributed by atoms with Gasteiger partial charge in [0.25, 0.3) is 5.56 Å². The van der Waals surface area contributed by atoms with E-state index in [9.17, 15) is 9.59 Å². The van der Waals surface area contributed by atoms with Gasteiger partial charge in [0.15, 0.2) is 0 Å². The van der Waals surface area contributed by atoms with Crippen molar-refractivity contribution < 1.29 is 4.74 Å². The van der Waals surface area contributed by atoms with Crippen molar-refractivity contribution in [1.82, 2.24) is 9.55 Å². The van der Waals surface area contributed by atoms with E-state index in [1.165, 1.54) is 10.8 Å². The van der Waals surface area contributed by atoms with Crippen molar-refractivity contribution in [3.05, 3.63) is 44.8 Å². The average Bonchev–Trinajstić information content (AvgIpc) is 2.19. The van der Waals surface area contributed by atoms with Crippen LogP contribution in [0.4, 0.5) is 0 Å². The number of nitrogens with one attached hydrogen (secondary N) is 1. The van der Waals surface area contributed by atoms with Crippen LogP contribution >= 0.6 is 0 Å². The SMILES string of the molecule is C=C(C)COCCn1cc(C)c(=O)[nH]c1=O. The second-order valence-electron chi connectivity index (χ2n) is 3.77. The molecule has 0 atom stereocenters. The fourth-order valence-corrected chi connectivity index (χ4v) is 1.19. The molecule has 1 heterocycles. The third-order valence-corrected chi connectivity index (χ3v) is 2.01. The molecule has 0 bridgehead atoms. The molecule has 16 heavy (non-hydrogen) atoms. The highest BCUT2D eigenvalue weighted by Crippen LogP contribution is 1.90. The van der Waals surface area contributed by atoms with Crippen LogP contribution < -0.4 is 11.2 Å². The lowest BCUT2D eigenvalue weighted by Gasteiger charge is -2.06. The van der Waals surface area contributed by atoms with Gasteiger partial charge in [0.2, 0.25) is 0 Å². The minimum atomic E-state index is -0.408. The van der Waals surface area contributed by atoms with Crippen LogP contribution in [0.3, 0.4) is 0 Å². The van der Waals surface area contributed by atoms with Crippen molar-refractivity contribution in [2.75, 3.05) is 13.2 Å². The van der Waals surface area contributed by atoms with Crippen molar-refractivity contribution >= 4 is 0 Å². The molecular weight excluding hydrogens is 208 g/mol. The molecule has 0 aliphatic heterocycles. The summed E-state index contributed by atoms with van der Waals surface area (Å²) in [5.74, 6) is 0. The topological polar surface area (TPSA) is 64.1 Å². The first-order valence-corrected chi connectivity index (χ1v) is 5.03. The first-order chi connectivity index (χ1) is 7.50. The smallest absolute Gasteiger partial charge is 0.328 e. The average molecular weight is 224 g/mol. The summed E-state index contributed by atoms with van der Waals surface area (Å²) in [5, 5.41) is 0. The Hall–Kier alpha value is -1.62. The summed E-state index contributed by atoms with van der Waals surface area (Å²) in [6.45, 7) is 8.55. The van der Waals surface area contributed by atoms with E-state index in [0.717, 1.165) is 5.57 Å². The predicted molar refractivity (Wildman–Crippen MR) is 61.7 cm³/mol. The van der Waals surface area contributed by atoms with Gasteiger partial charge in [-0.15, -0.1) is 0 Å². The van der Waals surface area contributed by atoms with Crippen LogP contribution in [0, 0.1) is 6.92 Å². The van der Waals surface area contributed by atoms with E-state index in [-0.39, 0.29) is 5.56 Å². The van der Waals surface area contributed by atoms with Crippen LogP contribution in [0.15, 0.2) is 27.9 Å². The summed E-state index contributed by atoms with van der Waals surface area (Å²) in [4.78, 5) is 24.7. The van der Waals surface area contributed by atoms with Gasteiger partial charge in [0, 0.05) is 11.8 Å². The summed E-state index contributed by atoms with van der Waals surface area (Å²) < 4.78 is 6.70. The van der Waals surface area contributed by atoms with Gasteiger partial charge < -0.3 is 4.74 Å². The Bertz CT molecular complexity index is 485. The van der Waals surface area contributed by atoms with Crippen molar-refractivity contribution in [2.24, 2.45) is 0 Å². The molecule has 1 rings (SSSR count). The van der Waals surface area contributed by atoms with E-state index in [1.807, 2.05) is 6.92 Å². The first-order valence-electron chi connectivity index (χ1n) is 5.03. The monoisotopic (exact) mass is 224 g/mol. The second kappa shape index (κ2) is 5.46. The number of rotatable bonds is 5. The molecule has 0 radical (unpaired) electrons. The minimum Gasteiger partial charge on any atom is -0.375 e. The van der Waals surface area contributed by atoms with Crippen LogP contribution in [0.1, 0.15) is 12.5 Å². The van der Waals surface area contributed by atoms with Gasteiger partial charge >= 0.3 is 5.69 Å². The normalized spacial score (nSPS) is 10.4. The second-order valence-corrected chi connectivity index (χ2v) is 3.77. The molecule has 0 unspecified atom stereocenters. The fourth-order valence-electron chi connectivity index (χ4n) is 1.19. The third kappa shape index (κ3) is 3.51. The lowest BCUT2D eigenvalue weighted by molar-refractivity contribution is 0.146. The molecule has 0 saturated carbocycles. The fraction of sp³-hybridized carbons (Fsp3) is 0.455. The number of aryl methyl sites for hydroxylation is 1. The van der Waals surface area contributed by atoms with Crippen LogP contribution in [0.5, 0.6) is 0 Å². The highest BCUT2D eigenvalue weighted by atomic mass is 16.5. The molecule has 5 nitrogen and oxygen atoms in total. The van der Waals surface area contributed by atoms with Crippen LogP contribution in [0.25, 0.3) is 0 Å². The Morgan fingerprint density at radius 1 is 1.56 bits per heavy atom. The van der Waals surface area contributed by atoms with Crippen molar-refractivity contribution in [2.45, 2.75) is 20.4 Å². The summed E-state index contributed by atoms with van der Waals surface area (Å²) in [5.41, 5.74) is 0.697. The van der Waals surface area contributed by atoms with E-state index >= 15 is 0 Å². The van der Waals surface area contributed by atoms with Gasteiger partial charge in [0.05, 0.1) is 19.8 Å². The van der Waals surface area contributed by atoms with E-state index in [0.29, 0.717) is 25.3 Å². The first kappa shape index (κ1) is 12.4. The van der Waals surface area contributed by atoms with Gasteiger partial charge in [0.1, 0.15) is 0 Å². The van der Waals surface area contributed by atoms with Gasteiger partial charge in [-0.25, -0.2) is 4.79 Å². The molecule has 0 amide bonds. The maximum absolute atomic E-state index is 11.4. The molecule has 1 aromatic rings. The Balaban J connectivity index is 2.61. The van der Waals surface area contributed by atoms with Crippen LogP contribution in [-0.2, 0) is 11.3 Å². The van der Waals surface area contributed by atoms with Gasteiger partial charge in [-0.1, -0.05) is 12.2 Å². The number of nitrogens with zero attached hydrogens (tertiary/aromatic N) is 1. The standard InChI is InChI=1S/C11H16N2O3/c1-8(2)7-16-5-4-13-6-9(3)10(14)12-11(13)15/h6H,1,4-5,7H2,2-3H3,(H,12,14,15). The molecule has 88 valence electrons. The number of H-pyrrole nitrogens is 1. The Labute approximate surface area is 93.4 Å². The van der Waals surface area contributed by atoms with Crippen molar-refractivity contribution in [3.8, 4) is 0 Å². The largest absolute Gasteiger partial charge is 0.375 e. The van der Waals surface area contributed by atoms with E-state index in [1.54, 1.807) is 6.92 Å². The van der Waals surface area contributed by atoms with Crippen LogP contribution in [-0.4, -0.2) is 22.8 Å². The molecule has 5 heteroatoms. The maximum Gasteiger partial charge on any atom is 0.328 e. The zero-order valence-corrected chi connectivity index (χ0v) is 9.58. The van der Waals surface area contributed by atoms with Gasteiger partial charge in [-0.2, -0.15) is 0 Å². The molecule has 0 saturated heterocycles. The Kier molecular flexibility index (Phi) is 4.25. The molecule has 0 aromatic carbocycles. The molecule has 0 aliphatic rings. The third-order valence-electron chi connectivity index (χ3n) is 2.01. The molecule has 0 fully saturated rings. The number of aromatic nitrogens is 2. The highest BCUT2D eigenvalue weighted by molar-refractivity contribution is 5.00. The van der Waals surface area contributed by atoms with Crippen LogP contribution in [0.2, 0.25) is 0 Å². The number of hydrogen-bond acceptors (Lipinski definition) is 3. The quantitative estimate of drug-likeness (QED) is 0.583. The summed E-state index contributed by atoms with van der Waals surface area (Å²) >= 11 is 0. The predicted octanol–water partition coefficient (Wildman–Crippen LogP) is 0.438. The van der Waals surface area contributed by atoms with E-state index in [2.05, 4.69) is 11.6 Å². The maximum atomic E-state index is 11.4. The molecule has 1 N–H and O–H groups in total. The number of hydrogen-bond donors (Lipinski definition) is 1. The number of aromatic amines is 1. The van der Waals surface area contributed by atoms with Crippen molar-refractivity contribution in [1.29, 1.82) is 0 Å². The van der Waals surface area contributed by atoms with Gasteiger partial charge in [-0.3, -0.25) is 14.3 Å². The van der Waals surface area contributed by atoms with Crippen molar-refractivity contribution in [3.63, 3.8) is 0 Å². The summed E-state index contributed by atoms with van der Waals surface area (Å²) in [6, 6.07) is 0. The Morgan fingerprint density at radius 2 is 2.25 bits per heavy atom. The molecule has 0 spiro atoms. The van der Waals surface area contributed by atoms with E-state index in [4.69, 9.17) is 4.74 Å². The molecular formula is C11H16N2O3. The Morgan fingerprint density at radius 3 is 2.88 bits per heavy atom. The number of ether oxygens (including phenoxy) is 1. The zero-order chi connectivity index (χ0) is 12.1. The van der Waals surface area contributed by atoms with E-state index < -0.39 is 5.69 Å². The molecule has 1 aromatic heterocycles. The highest BCUT2D eigenvalue weighted by Gasteiger charge is 2.00. The molecule has 0 aliphatic carbocycles. The lowest BCUT2D eigenvalue weighted by atomic mass is 10.4. The lowest BCUT2D eigenvalue weighted by Crippen LogP contribution is -2.31. The van der Waals surface area contributed by atoms with Gasteiger partial charge in [-0.05, 0) is 13.8 Å².